The monoisotopic (exact) mass is 1820 g/mol. The Labute approximate surface area is 690 Å². The highest BCUT2D eigenvalue weighted by molar-refractivity contribution is 9.12. The molecule has 636 valence electrons. The fourth-order valence-electron chi connectivity index (χ4n) is 13.1. The molecule has 1 aromatic rings. The molecule has 1 aromatic heterocycles. The molecule has 9 heterocycles. The first-order chi connectivity index (χ1) is 52.1. The van der Waals surface area contributed by atoms with E-state index in [2.05, 4.69) is 176 Å². The summed E-state index contributed by atoms with van der Waals surface area (Å²) >= 11 is 11.8. The van der Waals surface area contributed by atoms with Crippen LogP contribution in [0.25, 0.3) is 0 Å². The normalized spacial score (nSPS) is 30.8. The Morgan fingerprint density at radius 3 is 1.27 bits per heavy atom. The van der Waals surface area contributed by atoms with Crippen molar-refractivity contribution in [2.24, 2.45) is 45.0 Å². The van der Waals surface area contributed by atoms with Gasteiger partial charge in [0.1, 0.15) is 90.4 Å². The molecule has 37 heteroatoms. The van der Waals surface area contributed by atoms with Gasteiger partial charge in [0, 0.05) is 55.4 Å². The number of methoxy groups -OCH3 is 3. The van der Waals surface area contributed by atoms with Gasteiger partial charge in [0.05, 0.1) is 66.0 Å². The number of allylic oxidation sites excluding steroid dienone is 2. The molecular weight excluding hydrogens is 1700 g/mol. The largest absolute Gasteiger partial charge is 0.491 e. The molecule has 8 aliphatic heterocycles. The Bertz CT molecular complexity index is 4160. The van der Waals surface area contributed by atoms with Gasteiger partial charge in [0.25, 0.3) is 0 Å². The molecule has 0 saturated carbocycles. The van der Waals surface area contributed by atoms with E-state index in [1.54, 1.807) is 59.5 Å². The zero-order chi connectivity index (χ0) is 85.4. The lowest BCUT2D eigenvalue weighted by Gasteiger charge is -2.33. The van der Waals surface area contributed by atoms with E-state index in [1.165, 1.54) is 12.0 Å². The maximum atomic E-state index is 10.6. The van der Waals surface area contributed by atoms with Gasteiger partial charge in [-0.05, 0) is 192 Å². The number of aliphatic imine (C=N–C) groups is 3. The van der Waals surface area contributed by atoms with Crippen LogP contribution in [0.2, 0.25) is 0 Å². The van der Waals surface area contributed by atoms with Gasteiger partial charge in [-0.3, -0.25) is 0 Å². The van der Waals surface area contributed by atoms with Gasteiger partial charge in [0.2, 0.25) is 0 Å². The third kappa shape index (κ3) is 26.8. The number of nitrogens with zero attached hydrogens (tertiary/aromatic N) is 9. The van der Waals surface area contributed by atoms with E-state index in [-0.39, 0.29) is 18.0 Å². The molecule has 29 nitrogen and oxygen atoms in total. The first-order valence-corrected chi connectivity index (χ1v) is 53.9. The molecule has 17 N–H and O–H groups in total. The summed E-state index contributed by atoms with van der Waals surface area (Å²) in [6.45, 7) is 32.8. The summed E-state index contributed by atoms with van der Waals surface area (Å²) < 4.78 is 43.0. The predicted octanol–water partition coefficient (Wildman–Crippen LogP) is 5.64. The van der Waals surface area contributed by atoms with Crippen LogP contribution in [-0.2, 0) is 40.2 Å². The van der Waals surface area contributed by atoms with Crippen molar-refractivity contribution >= 4 is 128 Å². The average molecular weight is 1820 g/mol. The Kier molecular flexibility index (Phi) is 35.0. The lowest BCUT2D eigenvalue weighted by molar-refractivity contribution is -0.0590. The van der Waals surface area contributed by atoms with Crippen LogP contribution in [0.1, 0.15) is 49.5 Å². The number of hydrogen-bond acceptors (Lipinski definition) is 29. The molecular formula is C76H126Br2N13O16P5S. The molecule has 10 rings (SSSR count). The minimum atomic E-state index is -1.23. The van der Waals surface area contributed by atoms with Crippen LogP contribution in [0.4, 0.5) is 0 Å². The third-order valence-electron chi connectivity index (χ3n) is 19.7. The van der Waals surface area contributed by atoms with E-state index in [1.807, 2.05) is 31.1 Å². The number of aromatic nitrogens is 2. The van der Waals surface area contributed by atoms with Gasteiger partial charge in [-0.15, -0.1) is 65.9 Å². The maximum absolute atomic E-state index is 10.6. The molecule has 4 fully saturated rings. The Balaban J connectivity index is 0.000000220. The van der Waals surface area contributed by atoms with Crippen molar-refractivity contribution in [3.8, 4) is 0 Å². The number of amidine groups is 3. The number of halogens is 2. The van der Waals surface area contributed by atoms with Crippen molar-refractivity contribution in [1.29, 1.82) is 0 Å². The SMILES string of the molecule is C=C1C=C(N)C(Br)=CN1[C@@H]1O[C@H](CCP(=C)(C)C)[C@@H](O)[C@H]1O.C=C1N=C(N)C(Br)=CN1[C@@H]1O[C@H](CCP(=C)(C)C)[C@@H](O)[C@H]1O.C=C1N=C(N)C(OC)=CN1[C@@H]1C=C(CCP(=C)(C)C)[C@@H](O)[C@H]1OC.C=C1N=C(N)C(OC)=CN1[C@@H]1O[C@H](CCP(=C)(C)C)[C@@H](O)[C@H]1O.C=P(C)(C)CC[C@H]1O[C@@H](c2cn(C)c(=S)nc2C)[C@H](O)[C@@H]1O. The summed E-state index contributed by atoms with van der Waals surface area (Å²) in [7, 11) is 6.42. The van der Waals surface area contributed by atoms with E-state index in [0.29, 0.717) is 91.5 Å². The molecule has 0 radical (unpaired) electrons. The zero-order valence-electron chi connectivity index (χ0n) is 68.1. The van der Waals surface area contributed by atoms with E-state index >= 15 is 0 Å². The Hall–Kier alpha value is -4.39. The fourth-order valence-corrected chi connectivity index (χ4v) is 18.6. The smallest absolute Gasteiger partial charge is 0.199 e. The van der Waals surface area contributed by atoms with Crippen molar-refractivity contribution in [2.75, 3.05) is 119 Å². The number of rotatable bonds is 23. The third-order valence-corrected chi connectivity index (χ3v) is 28.6. The molecule has 0 unspecified atom stereocenters. The quantitative estimate of drug-likeness (QED) is 0.0358. The number of aryl methyl sites for hydroxylation is 2. The summed E-state index contributed by atoms with van der Waals surface area (Å²) in [4.78, 5) is 23.3. The van der Waals surface area contributed by atoms with E-state index in [9.17, 15) is 46.0 Å². The molecule has 9 aliphatic rings. The van der Waals surface area contributed by atoms with E-state index < -0.39 is 139 Å². The fraction of sp³-hybridized carbons (Fsp3) is 0.579. The van der Waals surface area contributed by atoms with Crippen LogP contribution in [0.15, 0.2) is 139 Å². The van der Waals surface area contributed by atoms with Crippen molar-refractivity contribution in [3.05, 3.63) is 140 Å². The highest BCUT2D eigenvalue weighted by atomic mass is 79.9. The minimum Gasteiger partial charge on any atom is -0.491 e. The lowest BCUT2D eigenvalue weighted by atomic mass is 10.0. The van der Waals surface area contributed by atoms with Crippen LogP contribution in [0.3, 0.4) is 0 Å². The molecule has 1 aliphatic carbocycles. The molecule has 19 atom stereocenters. The van der Waals surface area contributed by atoms with Gasteiger partial charge in [-0.1, -0.05) is 32.4 Å². The van der Waals surface area contributed by atoms with Gasteiger partial charge < -0.3 is 126 Å². The molecule has 0 aromatic carbocycles. The first-order valence-electron chi connectivity index (χ1n) is 36.7. The molecule has 0 amide bonds. The van der Waals surface area contributed by atoms with Crippen molar-refractivity contribution < 1.29 is 79.1 Å². The number of ether oxygens (including phenoxy) is 7. The number of hydrogen-bond donors (Lipinski definition) is 13. The molecule has 0 spiro atoms. The zero-order valence-corrected chi connectivity index (χ0v) is 76.5. The van der Waals surface area contributed by atoms with Crippen molar-refractivity contribution in [2.45, 2.75) is 155 Å². The molecule has 113 heavy (non-hydrogen) atoms. The predicted molar refractivity (Wildman–Crippen MR) is 481 cm³/mol. The van der Waals surface area contributed by atoms with E-state index in [4.69, 9.17) is 68.3 Å². The standard InChI is InChI=1S/C17H28N3O3P.C15H24BrN2O3P.C15H26N3O4P.C15H25N2O3PS.C14H23BrN3O3P/c1-11-19-17(18)14(22-2)10-20(11)13-9-12(7-8-24(4,5)6)15(21)16(13)23-3;1-9-7-11(17)10(16)8-18(9)15-14(20)13(19)12(21-15)5-6-22(2,3)4;1-9-17-14(16)11(21-2)8-18(9)15-13(20)12(19)10(22-15)6-7-23(3,4)5;1-9-10(8-17(2)15(22)16-9)14-13(19)12(18)11(20-14)6-7-21(3,4)5;1-8-17-13(16)9(15)7-18(8)14-12(20)11(19)10(21-14)5-6-22(2,3)4/h9-10,13,15-16,21H,1,4,7-8H2,2-3,5-6H3,(H2,18,19);7-8,12-15,19-20H,1-2,5-6,17H2,3-4H3;8,10,12-13,15,19-20H,1,3,6-7H2,2,4-5H3,(H2,16,17);8,11-14,18-19H,3,6-7H2,1-2,4-5H3;7,10-12,14,19-20H,1-2,5-6H2,3-4H3,(H2,16,17)/t13-,15-,16+;12-,13-,14-,15-;10-,12-,13-,15-;11-,12-,13-,14+;10-,11-,12-,14-/m11111/s1. The van der Waals surface area contributed by atoms with Gasteiger partial charge in [-0.25, -0.2) is 20.0 Å². The summed E-state index contributed by atoms with van der Waals surface area (Å²) in [5.74, 6) is 2.83. The summed E-state index contributed by atoms with van der Waals surface area (Å²) in [6, 6.07) is -0.208. The highest BCUT2D eigenvalue weighted by Crippen LogP contribution is 2.46. The van der Waals surface area contributed by atoms with Crippen LogP contribution in [-0.4, -0.2) is 353 Å². The van der Waals surface area contributed by atoms with Crippen LogP contribution in [0, 0.1) is 11.7 Å². The number of aliphatic hydroxyl groups is 9. The Morgan fingerprint density at radius 2 is 0.867 bits per heavy atom. The average Bonchev–Trinajstić information content (AvgIpc) is 1.68. The highest BCUT2D eigenvalue weighted by Gasteiger charge is 2.50. The summed E-state index contributed by atoms with van der Waals surface area (Å²) in [5.41, 5.74) is 26.7. The number of nitrogens with two attached hydrogens (primary N) is 4. The van der Waals surface area contributed by atoms with Gasteiger partial charge >= 0.3 is 0 Å². The number of aliphatic hydroxyl groups excluding tert-OH is 9. The topological polar surface area (TPSA) is 419 Å². The first kappa shape index (κ1) is 97.4. The van der Waals surface area contributed by atoms with E-state index in [0.717, 1.165) is 54.1 Å². The molecule has 4 saturated heterocycles. The van der Waals surface area contributed by atoms with Crippen LogP contribution >= 0.6 is 78.5 Å². The second-order valence-electron chi connectivity index (χ2n) is 32.8. The van der Waals surface area contributed by atoms with Crippen molar-refractivity contribution in [1.82, 2.24) is 29.2 Å². The molecule has 0 bridgehead atoms. The summed E-state index contributed by atoms with van der Waals surface area (Å²) in [6.07, 6.45) is 28.0. The Morgan fingerprint density at radius 1 is 0.504 bits per heavy atom. The van der Waals surface area contributed by atoms with Gasteiger partial charge in [-0.2, -0.15) is 0 Å². The lowest BCUT2D eigenvalue weighted by Crippen LogP contribution is -2.43. The maximum Gasteiger partial charge on any atom is 0.199 e. The van der Waals surface area contributed by atoms with Gasteiger partial charge in [0.15, 0.2) is 46.6 Å². The van der Waals surface area contributed by atoms with Crippen LogP contribution < -0.4 is 22.9 Å². The minimum absolute atomic E-state index is 0.208. The second-order valence-corrected chi connectivity index (χ2v) is 56.4. The summed E-state index contributed by atoms with van der Waals surface area (Å²) in [5, 5.41) is 92.9. The van der Waals surface area contributed by atoms with Crippen LogP contribution in [0.5, 0.6) is 0 Å². The second kappa shape index (κ2) is 40.6. The van der Waals surface area contributed by atoms with Crippen molar-refractivity contribution in [3.63, 3.8) is 0 Å².